The van der Waals surface area contributed by atoms with Gasteiger partial charge in [-0.15, -0.1) is 0 Å². The Balaban J connectivity index is 3.06. The quantitative estimate of drug-likeness (QED) is 0.489. The summed E-state index contributed by atoms with van der Waals surface area (Å²) in [6, 6.07) is -0.753. The van der Waals surface area contributed by atoms with Crippen LogP contribution in [0, 0.1) is 0 Å². The first-order valence-corrected chi connectivity index (χ1v) is 3.68. The van der Waals surface area contributed by atoms with Crippen LogP contribution < -0.4 is 0 Å². The van der Waals surface area contributed by atoms with Gasteiger partial charge in [-0.05, 0) is 6.92 Å². The molecule has 0 bridgehead atoms. The van der Waals surface area contributed by atoms with Gasteiger partial charge >= 0.3 is 23.6 Å². The normalized spacial score (nSPS) is 18.6. The van der Waals surface area contributed by atoms with Crippen LogP contribution in [0.3, 0.4) is 0 Å². The number of carbonyl (C=O) groups is 4. The van der Waals surface area contributed by atoms with E-state index in [0.717, 1.165) is 11.9 Å². The van der Waals surface area contributed by atoms with Gasteiger partial charge < -0.3 is 0 Å². The van der Waals surface area contributed by atoms with Crippen molar-refractivity contribution in [2.24, 2.45) is 0 Å². The largest absolute Gasteiger partial charge is 0.333 e. The van der Waals surface area contributed by atoms with E-state index < -0.39 is 23.6 Å². The molecule has 0 unspecified atom stereocenters. The monoisotopic (exact) mass is 184 g/mol. The molecule has 1 rings (SSSR count). The lowest BCUT2D eigenvalue weighted by molar-refractivity contribution is -0.154. The zero-order valence-corrected chi connectivity index (χ0v) is 7.23. The van der Waals surface area contributed by atoms with Crippen molar-refractivity contribution < 1.29 is 19.2 Å². The molecule has 0 aromatic heterocycles. The van der Waals surface area contributed by atoms with E-state index in [1.165, 1.54) is 0 Å². The first-order chi connectivity index (χ1) is 6.00. The minimum Gasteiger partial charge on any atom is -0.277 e. The van der Waals surface area contributed by atoms with Crippen molar-refractivity contribution in [2.75, 3.05) is 13.6 Å². The Labute approximate surface area is 74.1 Å². The lowest BCUT2D eigenvalue weighted by Crippen LogP contribution is -2.58. The van der Waals surface area contributed by atoms with E-state index in [1.54, 1.807) is 6.92 Å². The highest BCUT2D eigenvalue weighted by Gasteiger charge is 2.42. The highest BCUT2D eigenvalue weighted by molar-refractivity contribution is 6.66. The number of amides is 4. The summed E-state index contributed by atoms with van der Waals surface area (Å²) in [4.78, 5) is 45.4. The second kappa shape index (κ2) is 2.96. The fourth-order valence-corrected chi connectivity index (χ4v) is 1.00. The predicted octanol–water partition coefficient (Wildman–Crippen LogP) is -1.00. The van der Waals surface area contributed by atoms with Crippen LogP contribution in [0.2, 0.25) is 0 Å². The Hall–Kier alpha value is -1.72. The summed E-state index contributed by atoms with van der Waals surface area (Å²) < 4.78 is 0. The van der Waals surface area contributed by atoms with Crippen LogP contribution >= 0.6 is 0 Å². The second-order valence-electron chi connectivity index (χ2n) is 2.53. The molecule has 13 heavy (non-hydrogen) atoms. The van der Waals surface area contributed by atoms with E-state index in [9.17, 15) is 19.2 Å². The number of hydrogen-bond donors (Lipinski definition) is 0. The zero-order chi connectivity index (χ0) is 10.2. The Morgan fingerprint density at radius 1 is 1.08 bits per heavy atom. The molecule has 0 radical (unpaired) electrons. The van der Waals surface area contributed by atoms with E-state index in [2.05, 4.69) is 0 Å². The maximum Gasteiger partial charge on any atom is 0.333 e. The average Bonchev–Trinajstić information content (AvgIpc) is 2.13. The molecule has 0 atom stereocenters. The van der Waals surface area contributed by atoms with Crippen LogP contribution in [0.4, 0.5) is 4.79 Å². The maximum absolute atomic E-state index is 11.2. The molecule has 4 amide bonds. The number of carbonyl (C=O) groups excluding carboxylic acids is 4. The van der Waals surface area contributed by atoms with Crippen LogP contribution in [0.25, 0.3) is 0 Å². The van der Waals surface area contributed by atoms with Crippen molar-refractivity contribution >= 4 is 23.6 Å². The Kier molecular flexibility index (Phi) is 2.14. The molecule has 1 fully saturated rings. The van der Waals surface area contributed by atoms with Gasteiger partial charge in [0.1, 0.15) is 0 Å². The molecule has 0 spiro atoms. The Morgan fingerprint density at radius 2 is 1.62 bits per heavy atom. The van der Waals surface area contributed by atoms with Gasteiger partial charge in [0.15, 0.2) is 0 Å². The number of Topliss-reactive ketones (excluding diaryl/α,β-unsaturated/α-hetero) is 1. The fourth-order valence-electron chi connectivity index (χ4n) is 1.00. The minimum absolute atomic E-state index is 0.0844. The molecule has 1 heterocycles. The third-order valence-corrected chi connectivity index (χ3v) is 1.77. The second-order valence-corrected chi connectivity index (χ2v) is 2.53. The van der Waals surface area contributed by atoms with Gasteiger partial charge in [-0.3, -0.25) is 24.2 Å². The van der Waals surface area contributed by atoms with Gasteiger partial charge in [0.2, 0.25) is 0 Å². The van der Waals surface area contributed by atoms with Crippen LogP contribution in [0.1, 0.15) is 6.92 Å². The number of ketones is 1. The van der Waals surface area contributed by atoms with Crippen LogP contribution in [-0.4, -0.2) is 47.0 Å². The van der Waals surface area contributed by atoms with Crippen molar-refractivity contribution in [3.05, 3.63) is 0 Å². The van der Waals surface area contributed by atoms with Crippen molar-refractivity contribution in [1.82, 2.24) is 9.80 Å². The highest BCUT2D eigenvalue weighted by Crippen LogP contribution is 2.06. The van der Waals surface area contributed by atoms with Gasteiger partial charge in [-0.1, -0.05) is 0 Å². The molecule has 0 N–H and O–H groups in total. The fraction of sp³-hybridized carbons (Fsp3) is 0.429. The summed E-state index contributed by atoms with van der Waals surface area (Å²) in [6.45, 7) is 1.63. The molecule has 0 saturated carbocycles. The summed E-state index contributed by atoms with van der Waals surface area (Å²) in [5.41, 5.74) is 0. The Bertz CT molecular complexity index is 310. The van der Waals surface area contributed by atoms with E-state index in [0.29, 0.717) is 4.90 Å². The minimum atomic E-state index is -1.16. The zero-order valence-electron chi connectivity index (χ0n) is 7.23. The van der Waals surface area contributed by atoms with Gasteiger partial charge in [0, 0.05) is 13.6 Å². The van der Waals surface area contributed by atoms with Crippen molar-refractivity contribution in [3.8, 4) is 0 Å². The molecule has 1 saturated heterocycles. The smallest absolute Gasteiger partial charge is 0.277 e. The Morgan fingerprint density at radius 3 is 2.08 bits per heavy atom. The van der Waals surface area contributed by atoms with Gasteiger partial charge in [-0.25, -0.2) is 4.79 Å². The molecule has 1 aliphatic heterocycles. The van der Waals surface area contributed by atoms with Gasteiger partial charge in [-0.2, -0.15) is 0 Å². The number of nitrogens with zero attached hydrogens (tertiary/aromatic N) is 2. The lowest BCUT2D eigenvalue weighted by atomic mass is 10.2. The van der Waals surface area contributed by atoms with Crippen molar-refractivity contribution in [2.45, 2.75) is 6.92 Å². The number of likely N-dealkylation sites (N-methyl/N-ethyl adjacent to an activating group) is 2. The summed E-state index contributed by atoms with van der Waals surface area (Å²) in [5.74, 6) is -3.28. The SMILES string of the molecule is CCN1C(=O)C(=O)C(=O)N(C)C1=O. The molecule has 0 aliphatic carbocycles. The summed E-state index contributed by atoms with van der Waals surface area (Å²) in [5, 5.41) is 0. The van der Waals surface area contributed by atoms with E-state index in [1.807, 2.05) is 0 Å². The number of rotatable bonds is 1. The number of barbiturate groups is 1. The summed E-state index contributed by atoms with van der Waals surface area (Å²) >= 11 is 0. The maximum atomic E-state index is 11.2. The first kappa shape index (κ1) is 9.37. The van der Waals surface area contributed by atoms with Gasteiger partial charge in [0.05, 0.1) is 0 Å². The molecule has 6 heteroatoms. The first-order valence-electron chi connectivity index (χ1n) is 3.68. The molecule has 70 valence electrons. The third-order valence-electron chi connectivity index (χ3n) is 1.77. The molecule has 6 nitrogen and oxygen atoms in total. The molecular weight excluding hydrogens is 176 g/mol. The lowest BCUT2D eigenvalue weighted by Gasteiger charge is -2.27. The molecule has 1 aliphatic rings. The van der Waals surface area contributed by atoms with Crippen molar-refractivity contribution in [1.29, 1.82) is 0 Å². The number of hydrogen-bond acceptors (Lipinski definition) is 4. The topological polar surface area (TPSA) is 74.8 Å². The van der Waals surface area contributed by atoms with E-state index >= 15 is 0 Å². The highest BCUT2D eigenvalue weighted by atomic mass is 16.2. The molecular formula is C7H8N2O4. The third kappa shape index (κ3) is 1.20. The van der Waals surface area contributed by atoms with Crippen molar-refractivity contribution in [3.63, 3.8) is 0 Å². The number of imide groups is 2. The van der Waals surface area contributed by atoms with Crippen LogP contribution in [0.5, 0.6) is 0 Å². The summed E-state index contributed by atoms with van der Waals surface area (Å²) in [7, 11) is 1.16. The summed E-state index contributed by atoms with van der Waals surface area (Å²) in [6.07, 6.45) is 0. The predicted molar refractivity (Wildman–Crippen MR) is 40.6 cm³/mol. The van der Waals surface area contributed by atoms with Crippen LogP contribution in [-0.2, 0) is 14.4 Å². The van der Waals surface area contributed by atoms with Crippen LogP contribution in [0.15, 0.2) is 0 Å². The van der Waals surface area contributed by atoms with E-state index in [-0.39, 0.29) is 6.54 Å². The standard InChI is InChI=1S/C7H8N2O4/c1-3-9-6(12)4(10)5(11)8(2)7(9)13/h3H2,1-2H3. The molecule has 0 aromatic carbocycles. The average molecular weight is 184 g/mol. The number of urea groups is 1. The molecule has 0 aromatic rings. The van der Waals surface area contributed by atoms with E-state index in [4.69, 9.17) is 0 Å². The van der Waals surface area contributed by atoms with Gasteiger partial charge in [0.25, 0.3) is 0 Å².